The van der Waals surface area contributed by atoms with Gasteiger partial charge in [-0.15, -0.1) is 0 Å². The van der Waals surface area contributed by atoms with Crippen LogP contribution in [0.25, 0.3) is 0 Å². The molecule has 0 spiro atoms. The van der Waals surface area contributed by atoms with E-state index in [9.17, 15) is 49.5 Å². The lowest BCUT2D eigenvalue weighted by Gasteiger charge is -2.67. The van der Waals surface area contributed by atoms with Gasteiger partial charge in [0.1, 0.15) is 30.0 Å². The van der Waals surface area contributed by atoms with Crippen molar-refractivity contribution in [3.63, 3.8) is 0 Å². The molecule has 0 radical (unpaired) electrons. The molecule has 16 nitrogen and oxygen atoms in total. The summed E-state index contributed by atoms with van der Waals surface area (Å²) in [6, 6.07) is 14.2. The molecular weight excluding hydrogens is 770 g/mol. The number of hydrogen-bond donors (Lipinski definition) is 5. The van der Waals surface area contributed by atoms with Gasteiger partial charge >= 0.3 is 24.0 Å². The number of Topliss-reactive ketones (excluding diaryl/α,β-unsaturated/α-hetero) is 1. The molecule has 59 heavy (non-hydrogen) atoms. The van der Waals surface area contributed by atoms with Crippen LogP contribution in [0.5, 0.6) is 0 Å². The number of amides is 1. The number of ketones is 1. The number of cyclic esters (lactones) is 1. The van der Waals surface area contributed by atoms with Gasteiger partial charge in [0.05, 0.1) is 35.6 Å². The molecule has 0 aromatic heterocycles. The molecule has 16 heteroatoms. The fourth-order valence-corrected chi connectivity index (χ4v) is 10.3. The third-order valence-corrected chi connectivity index (χ3v) is 13.6. The van der Waals surface area contributed by atoms with Crippen LogP contribution in [0.15, 0.2) is 71.8 Å². The second-order valence-electron chi connectivity index (χ2n) is 17.6. The average molecular weight is 822 g/mol. The fraction of sp³-hybridized carbons (Fsp3) is 0.558. The number of rotatable bonds is 8. The molecule has 5 N–H and O–H groups in total. The zero-order valence-electron chi connectivity index (χ0n) is 33.9. The zero-order valence-corrected chi connectivity index (χ0v) is 33.9. The van der Waals surface area contributed by atoms with E-state index in [1.807, 2.05) is 0 Å². The lowest BCUT2D eigenvalue weighted by molar-refractivity contribution is -0.346. The molecule has 7 rings (SSSR count). The predicted octanol–water partition coefficient (Wildman–Crippen LogP) is 2.28. The quantitative estimate of drug-likeness (QED) is 0.146. The van der Waals surface area contributed by atoms with E-state index in [1.165, 1.54) is 65.8 Å². The Morgan fingerprint density at radius 1 is 0.915 bits per heavy atom. The zero-order chi connectivity index (χ0) is 43.2. The van der Waals surface area contributed by atoms with Gasteiger partial charge in [0.15, 0.2) is 29.3 Å². The first-order chi connectivity index (χ1) is 27.5. The highest BCUT2D eigenvalue weighted by Crippen LogP contribution is 2.64. The highest BCUT2D eigenvalue weighted by atomic mass is 16.6. The third-order valence-electron chi connectivity index (χ3n) is 13.6. The molecule has 2 aromatic carbocycles. The molecule has 1 amide bonds. The van der Waals surface area contributed by atoms with Crippen molar-refractivity contribution in [1.82, 2.24) is 4.90 Å². The van der Waals surface area contributed by atoms with E-state index < -0.39 is 119 Å². The molecular formula is C43H51NO15. The first kappa shape index (κ1) is 42.4. The van der Waals surface area contributed by atoms with E-state index in [0.29, 0.717) is 0 Å². The number of aliphatic hydroxyl groups excluding tert-OH is 4. The highest BCUT2D eigenvalue weighted by Gasteiger charge is 2.78. The standard InChI is InChI=1S/C43H51NO15/c1-21-25(56-36(51)31(48)29(23-14-10-8-11-15-23)44-37(52)40(5,6)59-38(44)53)19-43(54)34(57-35(50)24-16-12-9-13-17-24)32-41(7,33(49)30(47)28(21)39(43,3)4)26(46)18-27-42(32,20-55-27)58-22(2)45/h8-17,25-27,29-32,34,37,46-48,52,54H,18-20H2,1-7H3/t25-,26-,27+,29-,30+,31+,32-,34-,37?,41+,42-,43+/m1/s1. The van der Waals surface area contributed by atoms with Gasteiger partial charge in [0, 0.05) is 25.2 Å². The lowest BCUT2D eigenvalue weighted by atomic mass is 9.44. The maximum Gasteiger partial charge on any atom is 0.413 e. The van der Waals surface area contributed by atoms with Gasteiger partial charge in [-0.25, -0.2) is 14.4 Å². The van der Waals surface area contributed by atoms with Gasteiger partial charge in [-0.3, -0.25) is 14.5 Å². The van der Waals surface area contributed by atoms with Crippen molar-refractivity contribution in [2.75, 3.05) is 6.61 Å². The summed E-state index contributed by atoms with van der Waals surface area (Å²) in [5.41, 5.74) is -8.93. The van der Waals surface area contributed by atoms with Crippen molar-refractivity contribution in [2.24, 2.45) is 16.7 Å². The van der Waals surface area contributed by atoms with E-state index >= 15 is 0 Å². The summed E-state index contributed by atoms with van der Waals surface area (Å²) in [7, 11) is 0. The number of fused-ring (bicyclic) bond motifs is 5. The number of aliphatic hydroxyl groups is 5. The van der Waals surface area contributed by atoms with Crippen LogP contribution in [0.4, 0.5) is 4.79 Å². The molecule has 318 valence electrons. The van der Waals surface area contributed by atoms with E-state index in [4.69, 9.17) is 23.7 Å². The first-order valence-electron chi connectivity index (χ1n) is 19.6. The topological polar surface area (TPSA) is 236 Å². The average Bonchev–Trinajstić information content (AvgIpc) is 3.38. The molecule has 2 saturated carbocycles. The predicted molar refractivity (Wildman–Crippen MR) is 203 cm³/mol. The number of carbonyl (C=O) groups excluding carboxylic acids is 5. The number of ether oxygens (including phenoxy) is 5. The number of esters is 3. The minimum Gasteiger partial charge on any atom is -0.456 e. The minimum atomic E-state index is -2.39. The fourth-order valence-electron chi connectivity index (χ4n) is 10.3. The molecule has 2 bridgehead atoms. The minimum absolute atomic E-state index is 0.0648. The summed E-state index contributed by atoms with van der Waals surface area (Å²) in [6.45, 7) is 9.67. The van der Waals surface area contributed by atoms with Gasteiger partial charge in [0.25, 0.3) is 0 Å². The van der Waals surface area contributed by atoms with Crippen molar-refractivity contribution in [3.8, 4) is 0 Å². The number of hydrogen-bond acceptors (Lipinski definition) is 15. The normalized spacial score (nSPS) is 36.7. The molecule has 2 saturated heterocycles. The number of nitrogens with zero attached hydrogens (tertiary/aromatic N) is 1. The Morgan fingerprint density at radius 2 is 1.53 bits per heavy atom. The Balaban J connectivity index is 1.37. The Hall–Kier alpha value is -4.71. The monoisotopic (exact) mass is 821 g/mol. The number of benzene rings is 2. The molecule has 2 aromatic rings. The number of carbonyl (C=O) groups is 5. The van der Waals surface area contributed by atoms with Gasteiger partial charge in [-0.2, -0.15) is 0 Å². The molecule has 3 aliphatic carbocycles. The second kappa shape index (κ2) is 14.5. The van der Waals surface area contributed by atoms with Crippen molar-refractivity contribution in [2.45, 2.75) is 127 Å². The second-order valence-corrected chi connectivity index (χ2v) is 17.6. The Bertz CT molecular complexity index is 2070. The van der Waals surface area contributed by atoms with Gasteiger partial charge in [0.2, 0.25) is 0 Å². The summed E-state index contributed by atoms with van der Waals surface area (Å²) in [4.78, 5) is 70.3. The SMILES string of the molecule is CC(=O)O[C@]12CO[C@H]1C[C@@H](O)[C@]1(C)C(=O)[C@@H](O)C3=C(C)[C@H](OC(=O)[C@@H](O)[C@@H](c4ccccc4)N4C(=O)OC(C)(C)C4O)C[C@](O)([C@H](OC(=O)c4ccccc4)[C@@H]21)C3(C)C. The first-order valence-corrected chi connectivity index (χ1v) is 19.6. The van der Waals surface area contributed by atoms with Crippen LogP contribution >= 0.6 is 0 Å². The summed E-state index contributed by atoms with van der Waals surface area (Å²) < 4.78 is 29.5. The Labute approximate surface area is 340 Å². The van der Waals surface area contributed by atoms with Crippen LogP contribution in [-0.4, -0.2) is 126 Å². The van der Waals surface area contributed by atoms with E-state index in [-0.39, 0.29) is 35.3 Å². The van der Waals surface area contributed by atoms with Crippen LogP contribution in [0.2, 0.25) is 0 Å². The molecule has 2 heterocycles. The molecule has 5 aliphatic rings. The van der Waals surface area contributed by atoms with E-state index in [2.05, 4.69) is 0 Å². The lowest BCUT2D eigenvalue weighted by Crippen LogP contribution is -2.81. The molecule has 1 unspecified atom stereocenters. The summed E-state index contributed by atoms with van der Waals surface area (Å²) in [5, 5.41) is 60.5. The molecule has 4 fully saturated rings. The van der Waals surface area contributed by atoms with Gasteiger partial charge in [-0.05, 0) is 56.5 Å². The van der Waals surface area contributed by atoms with Crippen LogP contribution < -0.4 is 0 Å². The molecule has 12 atom stereocenters. The van der Waals surface area contributed by atoms with Gasteiger partial charge < -0.3 is 49.2 Å². The van der Waals surface area contributed by atoms with Crippen molar-refractivity contribution in [1.29, 1.82) is 0 Å². The Kier molecular flexibility index (Phi) is 10.4. The van der Waals surface area contributed by atoms with E-state index in [1.54, 1.807) is 36.4 Å². The van der Waals surface area contributed by atoms with Gasteiger partial charge in [-0.1, -0.05) is 62.4 Å². The van der Waals surface area contributed by atoms with Crippen LogP contribution in [0.1, 0.15) is 83.3 Å². The smallest absolute Gasteiger partial charge is 0.413 e. The van der Waals surface area contributed by atoms with Crippen LogP contribution in [0, 0.1) is 16.7 Å². The van der Waals surface area contributed by atoms with E-state index in [0.717, 1.165) is 11.8 Å². The maximum absolute atomic E-state index is 15.0. The largest absolute Gasteiger partial charge is 0.456 e. The third kappa shape index (κ3) is 6.29. The van der Waals surface area contributed by atoms with Crippen molar-refractivity contribution >= 4 is 29.8 Å². The van der Waals surface area contributed by atoms with Crippen molar-refractivity contribution < 1.29 is 73.2 Å². The summed E-state index contributed by atoms with van der Waals surface area (Å²) in [6.07, 6.45) is -13.5. The Morgan fingerprint density at radius 3 is 2.07 bits per heavy atom. The summed E-state index contributed by atoms with van der Waals surface area (Å²) >= 11 is 0. The van der Waals surface area contributed by atoms with Crippen LogP contribution in [0.3, 0.4) is 0 Å². The van der Waals surface area contributed by atoms with Crippen LogP contribution in [-0.2, 0) is 38.1 Å². The maximum atomic E-state index is 15.0. The molecule has 2 aliphatic heterocycles. The highest BCUT2D eigenvalue weighted by molar-refractivity contribution is 5.94. The van der Waals surface area contributed by atoms with Crippen molar-refractivity contribution in [3.05, 3.63) is 82.9 Å². The summed E-state index contributed by atoms with van der Waals surface area (Å²) in [5.74, 6) is -5.51.